The van der Waals surface area contributed by atoms with Gasteiger partial charge in [-0.2, -0.15) is 0 Å². The van der Waals surface area contributed by atoms with Gasteiger partial charge in [-0.25, -0.2) is 0 Å². The highest BCUT2D eigenvalue weighted by atomic mass is 32.1. The minimum absolute atomic E-state index is 0.0103. The number of hydrogen-bond donors (Lipinski definition) is 2. The fraction of sp³-hybridized carbons (Fsp3) is 0.320. The molecule has 1 aliphatic heterocycles. The lowest BCUT2D eigenvalue weighted by molar-refractivity contribution is -0.115. The van der Waals surface area contributed by atoms with E-state index in [1.807, 2.05) is 36.4 Å². The van der Waals surface area contributed by atoms with E-state index in [2.05, 4.69) is 63.1 Å². The van der Waals surface area contributed by atoms with Crippen molar-refractivity contribution in [2.45, 2.75) is 13.0 Å². The van der Waals surface area contributed by atoms with Crippen molar-refractivity contribution in [1.29, 1.82) is 0 Å². The van der Waals surface area contributed by atoms with Gasteiger partial charge in [0.1, 0.15) is 0 Å². The van der Waals surface area contributed by atoms with E-state index < -0.39 is 0 Å². The third-order valence-corrected chi connectivity index (χ3v) is 6.70. The van der Waals surface area contributed by atoms with Crippen LogP contribution in [0.5, 0.6) is 0 Å². The van der Waals surface area contributed by atoms with Gasteiger partial charge in [-0.3, -0.25) is 10.1 Å². The number of hydrogen-bond acceptors (Lipinski definition) is 5. The lowest BCUT2D eigenvalue weighted by Gasteiger charge is -2.35. The van der Waals surface area contributed by atoms with Crippen molar-refractivity contribution in [3.63, 3.8) is 0 Å². The molecule has 2 aromatic carbocycles. The number of carbonyl (C=O) groups excluding carboxylic acids is 1. The summed E-state index contributed by atoms with van der Waals surface area (Å²) in [5, 5.41) is 8.50. The summed E-state index contributed by atoms with van der Waals surface area (Å²) < 4.78 is 0. The second kappa shape index (κ2) is 10.6. The normalized spacial score (nSPS) is 15.6. The molecule has 1 atom stereocenters. The fourth-order valence-electron chi connectivity index (χ4n) is 3.96. The molecule has 2 N–H and O–H groups in total. The molecule has 3 aromatic rings. The molecule has 31 heavy (non-hydrogen) atoms. The zero-order valence-electron chi connectivity index (χ0n) is 18.0. The monoisotopic (exact) mass is 434 g/mol. The Labute approximate surface area is 188 Å². The number of nitrogens with one attached hydrogen (secondary N) is 2. The van der Waals surface area contributed by atoms with Crippen LogP contribution in [0.4, 0.5) is 11.4 Å². The van der Waals surface area contributed by atoms with Gasteiger partial charge in [0.15, 0.2) is 0 Å². The maximum absolute atomic E-state index is 12.6. The van der Waals surface area contributed by atoms with E-state index in [0.717, 1.165) is 44.0 Å². The van der Waals surface area contributed by atoms with Gasteiger partial charge in [0.25, 0.3) is 0 Å². The lowest BCUT2D eigenvalue weighted by atomic mass is 10.1. The van der Waals surface area contributed by atoms with E-state index in [1.165, 1.54) is 10.6 Å². The van der Waals surface area contributed by atoms with Crippen LogP contribution in [0.1, 0.15) is 23.4 Å². The molecule has 4 rings (SSSR count). The SMILES string of the molecule is CCN1CCN(c2ccc(NC(=O)CNC(c3ccccc3)c3cccs3)cc2)CC1. The van der Waals surface area contributed by atoms with Gasteiger partial charge < -0.3 is 15.1 Å². The summed E-state index contributed by atoms with van der Waals surface area (Å²) in [6, 6.07) is 22.6. The molecular weight excluding hydrogens is 404 g/mol. The van der Waals surface area contributed by atoms with Crippen LogP contribution < -0.4 is 15.5 Å². The summed E-state index contributed by atoms with van der Waals surface area (Å²) >= 11 is 1.70. The molecule has 6 heteroatoms. The maximum Gasteiger partial charge on any atom is 0.238 e. The third kappa shape index (κ3) is 5.73. The van der Waals surface area contributed by atoms with Crippen molar-refractivity contribution in [2.24, 2.45) is 0 Å². The molecular formula is C25H30N4OS. The largest absolute Gasteiger partial charge is 0.369 e. The number of benzene rings is 2. The predicted molar refractivity (Wildman–Crippen MR) is 130 cm³/mol. The Morgan fingerprint density at radius 3 is 2.35 bits per heavy atom. The first kappa shape index (κ1) is 21.6. The van der Waals surface area contributed by atoms with Crippen molar-refractivity contribution in [3.8, 4) is 0 Å². The number of nitrogens with zero attached hydrogens (tertiary/aromatic N) is 2. The van der Waals surface area contributed by atoms with E-state index >= 15 is 0 Å². The molecule has 5 nitrogen and oxygen atoms in total. The van der Waals surface area contributed by atoms with Crippen molar-refractivity contribution in [2.75, 3.05) is 49.5 Å². The predicted octanol–water partition coefficient (Wildman–Crippen LogP) is 4.21. The van der Waals surface area contributed by atoms with Crippen LogP contribution in [0.3, 0.4) is 0 Å². The summed E-state index contributed by atoms with van der Waals surface area (Å²) in [7, 11) is 0. The number of likely N-dealkylation sites (N-methyl/N-ethyl adjacent to an activating group) is 1. The molecule has 0 bridgehead atoms. The average Bonchev–Trinajstić information content (AvgIpc) is 3.35. The summed E-state index contributed by atoms with van der Waals surface area (Å²) in [4.78, 5) is 18.7. The van der Waals surface area contributed by atoms with Gasteiger partial charge in [-0.05, 0) is 47.8 Å². The smallest absolute Gasteiger partial charge is 0.238 e. The molecule has 0 saturated carbocycles. The van der Waals surface area contributed by atoms with E-state index in [9.17, 15) is 4.79 Å². The van der Waals surface area contributed by atoms with Crippen molar-refractivity contribution < 1.29 is 4.79 Å². The van der Waals surface area contributed by atoms with Crippen LogP contribution in [-0.2, 0) is 4.79 Å². The molecule has 162 valence electrons. The second-order valence-corrected chi connectivity index (χ2v) is 8.74. The van der Waals surface area contributed by atoms with E-state index in [-0.39, 0.29) is 18.5 Å². The molecule has 1 fully saturated rings. The number of piperazine rings is 1. The minimum Gasteiger partial charge on any atom is -0.369 e. The molecule has 1 saturated heterocycles. The van der Waals surface area contributed by atoms with Crippen molar-refractivity contribution in [3.05, 3.63) is 82.6 Å². The highest BCUT2D eigenvalue weighted by Crippen LogP contribution is 2.26. The lowest BCUT2D eigenvalue weighted by Crippen LogP contribution is -2.46. The van der Waals surface area contributed by atoms with Gasteiger partial charge in [-0.15, -0.1) is 11.3 Å². The molecule has 0 spiro atoms. The molecule has 1 aliphatic rings. The zero-order chi connectivity index (χ0) is 21.5. The van der Waals surface area contributed by atoms with Crippen LogP contribution in [0, 0.1) is 0 Å². The van der Waals surface area contributed by atoms with Gasteiger partial charge in [0, 0.05) is 42.4 Å². The minimum atomic E-state index is -0.0400. The Morgan fingerprint density at radius 2 is 1.71 bits per heavy atom. The zero-order valence-corrected chi connectivity index (χ0v) is 18.8. The summed E-state index contributed by atoms with van der Waals surface area (Å²) in [6.45, 7) is 7.88. The van der Waals surface area contributed by atoms with Crippen LogP contribution in [0.25, 0.3) is 0 Å². The van der Waals surface area contributed by atoms with E-state index in [0.29, 0.717) is 0 Å². The summed E-state index contributed by atoms with van der Waals surface area (Å²) in [6.07, 6.45) is 0. The Morgan fingerprint density at radius 1 is 0.968 bits per heavy atom. The second-order valence-electron chi connectivity index (χ2n) is 7.76. The number of rotatable bonds is 8. The van der Waals surface area contributed by atoms with Crippen molar-refractivity contribution >= 4 is 28.6 Å². The molecule has 1 unspecified atom stereocenters. The highest BCUT2D eigenvalue weighted by Gasteiger charge is 2.17. The Balaban J connectivity index is 1.32. The van der Waals surface area contributed by atoms with Gasteiger partial charge in [-0.1, -0.05) is 43.3 Å². The number of amides is 1. The van der Waals surface area contributed by atoms with Gasteiger partial charge in [0.2, 0.25) is 5.91 Å². The maximum atomic E-state index is 12.6. The average molecular weight is 435 g/mol. The fourth-order valence-corrected chi connectivity index (χ4v) is 4.79. The van der Waals surface area contributed by atoms with Crippen LogP contribution in [0.2, 0.25) is 0 Å². The van der Waals surface area contributed by atoms with Crippen molar-refractivity contribution in [1.82, 2.24) is 10.2 Å². The number of anilines is 2. The molecule has 2 heterocycles. The first-order chi connectivity index (χ1) is 15.2. The third-order valence-electron chi connectivity index (χ3n) is 5.76. The topological polar surface area (TPSA) is 47.6 Å². The molecule has 0 radical (unpaired) electrons. The van der Waals surface area contributed by atoms with Crippen LogP contribution in [0.15, 0.2) is 72.1 Å². The molecule has 1 amide bonds. The first-order valence-corrected chi connectivity index (χ1v) is 11.8. The first-order valence-electron chi connectivity index (χ1n) is 10.9. The Hall–Kier alpha value is -2.67. The number of thiophene rings is 1. The Kier molecular flexibility index (Phi) is 7.35. The quantitative estimate of drug-likeness (QED) is 0.558. The van der Waals surface area contributed by atoms with E-state index in [4.69, 9.17) is 0 Å². The van der Waals surface area contributed by atoms with Gasteiger partial charge >= 0.3 is 0 Å². The standard InChI is InChI=1S/C25H30N4OS/c1-2-28-14-16-29(17-15-28)22-12-10-21(11-13-22)27-24(30)19-26-25(23-9-6-18-31-23)20-7-4-3-5-8-20/h3-13,18,25-26H,2,14-17,19H2,1H3,(H,27,30). The van der Waals surface area contributed by atoms with E-state index in [1.54, 1.807) is 11.3 Å². The summed E-state index contributed by atoms with van der Waals surface area (Å²) in [5.74, 6) is -0.0400. The number of carbonyl (C=O) groups is 1. The molecule has 0 aliphatic carbocycles. The van der Waals surface area contributed by atoms with Crippen LogP contribution in [-0.4, -0.2) is 50.1 Å². The van der Waals surface area contributed by atoms with Crippen LogP contribution >= 0.6 is 11.3 Å². The Bertz CT molecular complexity index is 935. The molecule has 1 aromatic heterocycles. The summed E-state index contributed by atoms with van der Waals surface area (Å²) in [5.41, 5.74) is 3.20. The van der Waals surface area contributed by atoms with Gasteiger partial charge in [0.05, 0.1) is 12.6 Å². The highest BCUT2D eigenvalue weighted by molar-refractivity contribution is 7.10.